The monoisotopic (exact) mass is 382 g/mol. The number of aryl methyl sites for hydroxylation is 1. The van der Waals surface area contributed by atoms with Crippen molar-refractivity contribution in [3.8, 4) is 11.4 Å². The fraction of sp³-hybridized carbons (Fsp3) is 0.444. The zero-order chi connectivity index (χ0) is 18.1. The van der Waals surface area contributed by atoms with Crippen LogP contribution in [0.25, 0.3) is 5.69 Å². The normalized spacial score (nSPS) is 18.3. The van der Waals surface area contributed by atoms with Crippen LogP contribution >= 0.6 is 12.4 Å². The maximum Gasteiger partial charge on any atom is 0.278 e. The van der Waals surface area contributed by atoms with Gasteiger partial charge in [0, 0.05) is 18.6 Å². The largest absolute Gasteiger partial charge is 0.504 e. The van der Waals surface area contributed by atoms with Gasteiger partial charge in [-0.25, -0.2) is 9.07 Å². The molecule has 1 fully saturated rings. The van der Waals surface area contributed by atoms with Gasteiger partial charge in [0.05, 0.1) is 11.9 Å². The van der Waals surface area contributed by atoms with E-state index < -0.39 is 0 Å². The van der Waals surface area contributed by atoms with Gasteiger partial charge in [0.15, 0.2) is 11.4 Å². The van der Waals surface area contributed by atoms with E-state index in [0.29, 0.717) is 17.8 Å². The first-order valence-electron chi connectivity index (χ1n) is 8.50. The molecule has 1 aromatic heterocycles. The Balaban J connectivity index is 0.00000243. The second-order valence-corrected chi connectivity index (χ2v) is 6.66. The van der Waals surface area contributed by atoms with Gasteiger partial charge in [0.2, 0.25) is 0 Å². The summed E-state index contributed by atoms with van der Waals surface area (Å²) < 4.78 is 14.7. The van der Waals surface area contributed by atoms with Crippen molar-refractivity contribution in [1.82, 2.24) is 14.7 Å². The summed E-state index contributed by atoms with van der Waals surface area (Å²) in [6.45, 7) is 4.24. The number of nitrogens with zero attached hydrogens (tertiary/aromatic N) is 3. The van der Waals surface area contributed by atoms with Crippen LogP contribution in [0, 0.1) is 12.7 Å². The van der Waals surface area contributed by atoms with E-state index in [1.165, 1.54) is 23.0 Å². The lowest BCUT2D eigenvalue weighted by molar-refractivity contribution is 0.0574. The molecule has 0 aliphatic carbocycles. The number of nitrogens with two attached hydrogens (primary N) is 1. The first-order chi connectivity index (χ1) is 11.9. The topological polar surface area (TPSA) is 84.4 Å². The SMILES string of the molecule is Cc1cc(F)ccc1-n1cc(O)c(C(=O)N2CCCCC2C(C)N)n1.Cl. The molecule has 2 unspecified atom stereocenters. The summed E-state index contributed by atoms with van der Waals surface area (Å²) in [4.78, 5) is 14.6. The van der Waals surface area contributed by atoms with E-state index in [-0.39, 0.29) is 47.7 Å². The Morgan fingerprint density at radius 3 is 2.81 bits per heavy atom. The molecule has 0 saturated carbocycles. The molecule has 142 valence electrons. The zero-order valence-electron chi connectivity index (χ0n) is 14.9. The summed E-state index contributed by atoms with van der Waals surface area (Å²) in [5, 5.41) is 14.5. The molecule has 2 atom stereocenters. The standard InChI is InChI=1S/C18H23FN4O2.ClH/c1-11-9-13(19)6-7-14(11)23-10-16(24)17(21-23)18(25)22-8-4-3-5-15(22)12(2)20;/h6-7,9-10,12,15,24H,3-5,8,20H2,1-2H3;1H. The number of benzene rings is 1. The third-order valence-corrected chi connectivity index (χ3v) is 4.72. The van der Waals surface area contributed by atoms with Gasteiger partial charge in [0.1, 0.15) is 5.82 Å². The van der Waals surface area contributed by atoms with Crippen LogP contribution in [-0.4, -0.2) is 44.3 Å². The molecule has 8 heteroatoms. The second kappa shape index (κ2) is 8.05. The maximum atomic E-state index is 13.3. The van der Waals surface area contributed by atoms with Gasteiger partial charge in [-0.15, -0.1) is 12.4 Å². The molecule has 1 saturated heterocycles. The zero-order valence-corrected chi connectivity index (χ0v) is 15.7. The third-order valence-electron chi connectivity index (χ3n) is 4.72. The van der Waals surface area contributed by atoms with Crippen LogP contribution in [0.4, 0.5) is 4.39 Å². The number of hydrogen-bond donors (Lipinski definition) is 2. The van der Waals surface area contributed by atoms with Crippen molar-refractivity contribution in [2.24, 2.45) is 5.73 Å². The molecule has 0 radical (unpaired) electrons. The number of hydrogen-bond acceptors (Lipinski definition) is 4. The molecular weight excluding hydrogens is 359 g/mol. The van der Waals surface area contributed by atoms with Gasteiger partial charge < -0.3 is 15.7 Å². The highest BCUT2D eigenvalue weighted by Gasteiger charge is 2.32. The lowest BCUT2D eigenvalue weighted by Crippen LogP contribution is -2.51. The van der Waals surface area contributed by atoms with Gasteiger partial charge in [-0.05, 0) is 56.9 Å². The minimum atomic E-state index is -0.345. The molecule has 26 heavy (non-hydrogen) atoms. The Hall–Kier alpha value is -2.12. The summed E-state index contributed by atoms with van der Waals surface area (Å²) >= 11 is 0. The van der Waals surface area contributed by atoms with Crippen LogP contribution in [0.1, 0.15) is 42.2 Å². The van der Waals surface area contributed by atoms with E-state index in [2.05, 4.69) is 5.10 Å². The number of aromatic hydroxyl groups is 1. The quantitative estimate of drug-likeness (QED) is 0.854. The average Bonchev–Trinajstić information content (AvgIpc) is 2.95. The van der Waals surface area contributed by atoms with Crippen molar-refractivity contribution in [1.29, 1.82) is 0 Å². The summed E-state index contributed by atoms with van der Waals surface area (Å²) in [6.07, 6.45) is 4.17. The Bertz CT molecular complexity index is 793. The highest BCUT2D eigenvalue weighted by atomic mass is 35.5. The van der Waals surface area contributed by atoms with E-state index >= 15 is 0 Å². The second-order valence-electron chi connectivity index (χ2n) is 6.66. The Labute approximate surface area is 158 Å². The van der Waals surface area contributed by atoms with Crippen molar-refractivity contribution in [2.75, 3.05) is 6.54 Å². The molecule has 2 heterocycles. The maximum absolute atomic E-state index is 13.3. The molecule has 1 aliphatic heterocycles. The number of amides is 1. The van der Waals surface area contributed by atoms with Gasteiger partial charge in [0.25, 0.3) is 5.91 Å². The molecule has 3 rings (SSSR count). The van der Waals surface area contributed by atoms with E-state index in [0.717, 1.165) is 19.3 Å². The molecule has 1 amide bonds. The predicted molar refractivity (Wildman–Crippen MR) is 99.5 cm³/mol. The lowest BCUT2D eigenvalue weighted by Gasteiger charge is -2.37. The Morgan fingerprint density at radius 2 is 2.15 bits per heavy atom. The number of likely N-dealkylation sites (tertiary alicyclic amines) is 1. The molecule has 1 aliphatic rings. The minimum Gasteiger partial charge on any atom is -0.504 e. The van der Waals surface area contributed by atoms with E-state index in [9.17, 15) is 14.3 Å². The van der Waals surface area contributed by atoms with Gasteiger partial charge in [-0.1, -0.05) is 0 Å². The van der Waals surface area contributed by atoms with E-state index in [4.69, 9.17) is 5.73 Å². The molecule has 0 spiro atoms. The lowest BCUT2D eigenvalue weighted by atomic mass is 9.96. The van der Waals surface area contributed by atoms with Crippen molar-refractivity contribution < 1.29 is 14.3 Å². The molecule has 0 bridgehead atoms. The van der Waals surface area contributed by atoms with Gasteiger partial charge >= 0.3 is 0 Å². The summed E-state index contributed by atoms with van der Waals surface area (Å²) in [5.41, 5.74) is 7.29. The first-order valence-corrected chi connectivity index (χ1v) is 8.50. The summed E-state index contributed by atoms with van der Waals surface area (Å²) in [5.74, 6) is -0.859. The number of piperidine rings is 1. The van der Waals surface area contributed by atoms with Gasteiger partial charge in [-0.2, -0.15) is 5.10 Å². The molecule has 2 aromatic rings. The van der Waals surface area contributed by atoms with Crippen LogP contribution in [0.5, 0.6) is 5.75 Å². The summed E-state index contributed by atoms with van der Waals surface area (Å²) in [6, 6.07) is 4.06. The molecular formula is C18H24ClFN4O2. The minimum absolute atomic E-state index is 0. The number of rotatable bonds is 3. The smallest absolute Gasteiger partial charge is 0.278 e. The van der Waals surface area contributed by atoms with Crippen molar-refractivity contribution >= 4 is 18.3 Å². The number of halogens is 2. The van der Waals surface area contributed by atoms with E-state index in [1.54, 1.807) is 17.9 Å². The van der Waals surface area contributed by atoms with Gasteiger partial charge in [-0.3, -0.25) is 4.79 Å². The molecule has 6 nitrogen and oxygen atoms in total. The van der Waals surface area contributed by atoms with Crippen molar-refractivity contribution in [3.63, 3.8) is 0 Å². The van der Waals surface area contributed by atoms with Crippen molar-refractivity contribution in [2.45, 2.75) is 45.2 Å². The predicted octanol–water partition coefficient (Wildman–Crippen LogP) is 2.79. The first kappa shape index (κ1) is 20.2. The number of carbonyl (C=O) groups is 1. The van der Waals surface area contributed by atoms with Crippen molar-refractivity contribution in [3.05, 3.63) is 41.5 Å². The molecule has 1 aromatic carbocycles. The number of carbonyl (C=O) groups excluding carboxylic acids is 1. The Kier molecular flexibility index (Phi) is 6.26. The molecule has 3 N–H and O–H groups in total. The fourth-order valence-electron chi connectivity index (χ4n) is 3.41. The summed E-state index contributed by atoms with van der Waals surface area (Å²) in [7, 11) is 0. The highest BCUT2D eigenvalue weighted by Crippen LogP contribution is 2.26. The third kappa shape index (κ3) is 3.83. The van der Waals surface area contributed by atoms with E-state index in [1.807, 2.05) is 6.92 Å². The fourth-order valence-corrected chi connectivity index (χ4v) is 3.41. The van der Waals surface area contributed by atoms with Crippen LogP contribution < -0.4 is 5.73 Å². The van der Waals surface area contributed by atoms with Crippen LogP contribution in [0.2, 0.25) is 0 Å². The highest BCUT2D eigenvalue weighted by molar-refractivity contribution is 5.95. The average molecular weight is 383 g/mol. The number of aromatic nitrogens is 2. The Morgan fingerprint density at radius 1 is 1.42 bits per heavy atom. The van der Waals surface area contributed by atoms with Crippen LogP contribution in [0.15, 0.2) is 24.4 Å². The van der Waals surface area contributed by atoms with Crippen LogP contribution in [-0.2, 0) is 0 Å². The van der Waals surface area contributed by atoms with Crippen LogP contribution in [0.3, 0.4) is 0 Å².